The largest absolute Gasteiger partial charge is 0.508 e. The van der Waals surface area contributed by atoms with E-state index in [9.17, 15) is 5.11 Å². The zero-order valence-electron chi connectivity index (χ0n) is 7.24. The van der Waals surface area contributed by atoms with Crippen LogP contribution in [0.1, 0.15) is 18.6 Å². The van der Waals surface area contributed by atoms with Crippen molar-refractivity contribution < 1.29 is 10.2 Å². The van der Waals surface area contributed by atoms with Crippen LogP contribution in [0.2, 0.25) is 0 Å². The highest BCUT2D eigenvalue weighted by Crippen LogP contribution is 2.19. The maximum atomic E-state index is 9.73. The van der Waals surface area contributed by atoms with E-state index < -0.39 is 6.10 Å². The van der Waals surface area contributed by atoms with Crippen LogP contribution in [0, 0.1) is 0 Å². The second-order valence-electron chi connectivity index (χ2n) is 2.93. The number of nitrogens with one attached hydrogen (secondary N) is 1. The Labute approximate surface area is 91.3 Å². The summed E-state index contributed by atoms with van der Waals surface area (Å²) in [7, 11) is 0. The molecule has 0 bridgehead atoms. The van der Waals surface area contributed by atoms with E-state index in [0.717, 1.165) is 5.56 Å². The summed E-state index contributed by atoms with van der Waals surface area (Å²) in [6.07, 6.45) is -0.544. The van der Waals surface area contributed by atoms with Gasteiger partial charge in [0.05, 0.1) is 6.10 Å². The quantitative estimate of drug-likeness (QED) is 0.588. The number of hydrogen-bond acceptors (Lipinski definition) is 3. The summed E-state index contributed by atoms with van der Waals surface area (Å²) in [6.45, 7) is 1.89. The number of phenols is 1. The van der Waals surface area contributed by atoms with Gasteiger partial charge in [-0.3, -0.25) is 3.53 Å². The highest BCUT2D eigenvalue weighted by atomic mass is 127. The Morgan fingerprint density at radius 1 is 1.31 bits per heavy atom. The van der Waals surface area contributed by atoms with Crippen molar-refractivity contribution in [1.82, 2.24) is 3.53 Å². The van der Waals surface area contributed by atoms with Gasteiger partial charge in [-0.25, -0.2) is 0 Å². The predicted octanol–water partition coefficient (Wildman–Crippen LogP) is 1.75. The number of aliphatic hydroxyl groups excluding tert-OH is 1. The Balaban J connectivity index is 2.77. The molecule has 1 rings (SSSR count). The number of rotatable bonds is 3. The molecule has 0 aliphatic heterocycles. The highest BCUT2D eigenvalue weighted by Gasteiger charge is 2.14. The van der Waals surface area contributed by atoms with Crippen molar-refractivity contribution >= 4 is 22.9 Å². The number of aromatic hydroxyl groups is 1. The van der Waals surface area contributed by atoms with Crippen LogP contribution in [0.3, 0.4) is 0 Å². The normalized spacial score (nSPS) is 15.3. The molecule has 0 amide bonds. The molecule has 0 aliphatic carbocycles. The molecule has 3 N–H and O–H groups in total. The van der Waals surface area contributed by atoms with Crippen LogP contribution in [0.5, 0.6) is 5.75 Å². The van der Waals surface area contributed by atoms with Crippen LogP contribution >= 0.6 is 22.9 Å². The third kappa shape index (κ3) is 2.82. The van der Waals surface area contributed by atoms with Gasteiger partial charge in [-0.1, -0.05) is 12.1 Å². The molecule has 0 saturated carbocycles. The Morgan fingerprint density at radius 3 is 2.31 bits per heavy atom. The Kier molecular flexibility index (Phi) is 3.95. The minimum absolute atomic E-state index is 0.00913. The molecule has 0 saturated heterocycles. The molecule has 0 fully saturated rings. The molecule has 1 aromatic rings. The first kappa shape index (κ1) is 10.7. The molecule has 3 nitrogen and oxygen atoms in total. The van der Waals surface area contributed by atoms with Crippen LogP contribution < -0.4 is 3.53 Å². The molecule has 13 heavy (non-hydrogen) atoms. The summed E-state index contributed by atoms with van der Waals surface area (Å²) in [6, 6.07) is 6.55. The lowest BCUT2D eigenvalue weighted by molar-refractivity contribution is 0.149. The molecular formula is C9H12INO2. The Morgan fingerprint density at radius 2 is 1.85 bits per heavy atom. The lowest BCUT2D eigenvalue weighted by atomic mass is 10.0. The first-order valence-corrected chi connectivity index (χ1v) is 5.06. The van der Waals surface area contributed by atoms with E-state index in [4.69, 9.17) is 5.11 Å². The number of aliphatic hydroxyl groups is 1. The molecule has 72 valence electrons. The molecule has 2 atom stereocenters. The van der Waals surface area contributed by atoms with E-state index in [1.54, 1.807) is 24.3 Å². The third-order valence-corrected chi connectivity index (χ3v) is 2.86. The monoisotopic (exact) mass is 293 g/mol. The van der Waals surface area contributed by atoms with Crippen molar-refractivity contribution in [2.24, 2.45) is 0 Å². The molecule has 0 aliphatic rings. The molecule has 0 aromatic heterocycles. The van der Waals surface area contributed by atoms with Gasteiger partial charge in [0.1, 0.15) is 5.75 Å². The van der Waals surface area contributed by atoms with Crippen molar-refractivity contribution in [2.45, 2.75) is 19.1 Å². The van der Waals surface area contributed by atoms with E-state index in [-0.39, 0.29) is 11.8 Å². The zero-order chi connectivity index (χ0) is 9.84. The zero-order valence-corrected chi connectivity index (χ0v) is 9.39. The summed E-state index contributed by atoms with van der Waals surface area (Å²) < 4.78 is 2.94. The first-order valence-electron chi connectivity index (χ1n) is 3.98. The van der Waals surface area contributed by atoms with Gasteiger partial charge >= 0.3 is 0 Å². The number of phenolic OH excluding ortho intramolecular Hbond substituents is 1. The predicted molar refractivity (Wildman–Crippen MR) is 59.7 cm³/mol. The maximum absolute atomic E-state index is 9.73. The van der Waals surface area contributed by atoms with Gasteiger partial charge in [0.15, 0.2) is 0 Å². The van der Waals surface area contributed by atoms with E-state index in [1.807, 2.05) is 29.8 Å². The summed E-state index contributed by atoms with van der Waals surface area (Å²) >= 11 is 2.00. The van der Waals surface area contributed by atoms with Crippen LogP contribution in [-0.4, -0.2) is 16.3 Å². The Bertz CT molecular complexity index is 263. The minimum atomic E-state index is -0.544. The fourth-order valence-electron chi connectivity index (χ4n) is 1.02. The molecule has 2 unspecified atom stereocenters. The van der Waals surface area contributed by atoms with Crippen LogP contribution in [0.15, 0.2) is 24.3 Å². The van der Waals surface area contributed by atoms with E-state index in [1.165, 1.54) is 0 Å². The van der Waals surface area contributed by atoms with Gasteiger partial charge in [-0.05, 0) is 24.6 Å². The molecular weight excluding hydrogens is 281 g/mol. The van der Waals surface area contributed by atoms with Crippen molar-refractivity contribution in [3.63, 3.8) is 0 Å². The SMILES string of the molecule is CC(NI)C(O)c1ccc(O)cc1. The maximum Gasteiger partial charge on any atom is 0.115 e. The molecule has 4 heteroatoms. The summed E-state index contributed by atoms with van der Waals surface area (Å²) in [4.78, 5) is 0. The average molecular weight is 293 g/mol. The van der Waals surface area contributed by atoms with Gasteiger partial charge < -0.3 is 10.2 Å². The van der Waals surface area contributed by atoms with Crippen LogP contribution in [0.25, 0.3) is 0 Å². The van der Waals surface area contributed by atoms with Crippen molar-refractivity contribution in [3.8, 4) is 5.75 Å². The second-order valence-corrected chi connectivity index (χ2v) is 3.56. The molecule has 1 aromatic carbocycles. The van der Waals surface area contributed by atoms with Gasteiger partial charge in [0.2, 0.25) is 0 Å². The number of benzene rings is 1. The number of hydrogen-bond donors (Lipinski definition) is 3. The van der Waals surface area contributed by atoms with Gasteiger partial charge in [-0.2, -0.15) is 0 Å². The third-order valence-electron chi connectivity index (χ3n) is 1.88. The molecule has 0 spiro atoms. The van der Waals surface area contributed by atoms with Crippen LogP contribution in [-0.2, 0) is 0 Å². The highest BCUT2D eigenvalue weighted by molar-refractivity contribution is 14.1. The Hall–Kier alpha value is -0.330. The van der Waals surface area contributed by atoms with Gasteiger partial charge in [0, 0.05) is 28.9 Å². The topological polar surface area (TPSA) is 52.5 Å². The second kappa shape index (κ2) is 4.78. The number of halogens is 1. The fraction of sp³-hybridized carbons (Fsp3) is 0.333. The lowest BCUT2D eigenvalue weighted by Crippen LogP contribution is -2.24. The summed E-state index contributed by atoms with van der Waals surface area (Å²) in [5.74, 6) is 0.214. The van der Waals surface area contributed by atoms with E-state index >= 15 is 0 Å². The first-order chi connectivity index (χ1) is 6.15. The van der Waals surface area contributed by atoms with Crippen molar-refractivity contribution in [1.29, 1.82) is 0 Å². The minimum Gasteiger partial charge on any atom is -0.508 e. The van der Waals surface area contributed by atoms with E-state index in [2.05, 4.69) is 3.53 Å². The van der Waals surface area contributed by atoms with Crippen LogP contribution in [0.4, 0.5) is 0 Å². The van der Waals surface area contributed by atoms with Crippen molar-refractivity contribution in [3.05, 3.63) is 29.8 Å². The molecule has 0 heterocycles. The smallest absolute Gasteiger partial charge is 0.115 e. The van der Waals surface area contributed by atoms with Gasteiger partial charge in [0.25, 0.3) is 0 Å². The standard InChI is InChI=1S/C9H12INO2/c1-6(11-10)9(13)7-2-4-8(12)5-3-7/h2-6,9,11-13H,1H3. The van der Waals surface area contributed by atoms with E-state index in [0.29, 0.717) is 0 Å². The average Bonchev–Trinajstić information content (AvgIpc) is 2.17. The van der Waals surface area contributed by atoms with Crippen molar-refractivity contribution in [2.75, 3.05) is 0 Å². The summed E-state index contributed by atoms with van der Waals surface area (Å²) in [5.41, 5.74) is 0.800. The molecule has 0 radical (unpaired) electrons. The lowest BCUT2D eigenvalue weighted by Gasteiger charge is -2.17. The fourth-order valence-corrected chi connectivity index (χ4v) is 1.36. The van der Waals surface area contributed by atoms with Gasteiger partial charge in [-0.15, -0.1) is 0 Å². The summed E-state index contributed by atoms with van der Waals surface area (Å²) in [5, 5.41) is 18.8.